The molecule has 4 rings (SSSR count). The Hall–Kier alpha value is -2.29. The van der Waals surface area contributed by atoms with Crippen LogP contribution in [0.3, 0.4) is 0 Å². The zero-order valence-electron chi connectivity index (χ0n) is 15.6. The lowest BCUT2D eigenvalue weighted by Crippen LogP contribution is -2.34. The summed E-state index contributed by atoms with van der Waals surface area (Å²) in [5.74, 6) is -0.520. The summed E-state index contributed by atoms with van der Waals surface area (Å²) in [6, 6.07) is 9.25. The predicted molar refractivity (Wildman–Crippen MR) is 108 cm³/mol. The van der Waals surface area contributed by atoms with Gasteiger partial charge in [-0.1, -0.05) is 30.5 Å². The van der Waals surface area contributed by atoms with Crippen LogP contribution in [-0.2, 0) is 26.2 Å². The van der Waals surface area contributed by atoms with E-state index in [1.54, 1.807) is 24.4 Å². The van der Waals surface area contributed by atoms with Crippen LogP contribution in [0.2, 0.25) is 5.02 Å². The number of aromatic nitrogens is 1. The maximum Gasteiger partial charge on any atom is 0.240 e. The van der Waals surface area contributed by atoms with Crippen LogP contribution in [-0.4, -0.2) is 25.2 Å². The van der Waals surface area contributed by atoms with Crippen LogP contribution in [0.15, 0.2) is 47.5 Å². The Bertz CT molecular complexity index is 1070. The molecule has 2 heterocycles. The summed E-state index contributed by atoms with van der Waals surface area (Å²) >= 11 is 6.31. The molecule has 29 heavy (non-hydrogen) atoms. The van der Waals surface area contributed by atoms with Crippen LogP contribution in [0, 0.1) is 5.41 Å². The summed E-state index contributed by atoms with van der Waals surface area (Å²) in [4.78, 5) is 30.6. The molecule has 0 unspecified atom stereocenters. The molecule has 0 radical (unpaired) electrons. The van der Waals surface area contributed by atoms with Crippen LogP contribution in [0.5, 0.6) is 0 Å². The maximum absolute atomic E-state index is 12.9. The van der Waals surface area contributed by atoms with E-state index in [0.29, 0.717) is 18.5 Å². The third-order valence-electron chi connectivity index (χ3n) is 5.60. The first-order chi connectivity index (χ1) is 13.8. The Kier molecular flexibility index (Phi) is 5.18. The fraction of sp³-hybridized carbons (Fsp3) is 0.350. The summed E-state index contributed by atoms with van der Waals surface area (Å²) in [5.41, 5.74) is 0.193. The highest BCUT2D eigenvalue weighted by molar-refractivity contribution is 7.89. The monoisotopic (exact) mass is 433 g/mol. The van der Waals surface area contributed by atoms with Crippen LogP contribution in [0.1, 0.15) is 37.8 Å². The summed E-state index contributed by atoms with van der Waals surface area (Å²) in [7, 11) is -3.83. The van der Waals surface area contributed by atoms with Gasteiger partial charge in [0.05, 0.1) is 33.3 Å². The Balaban J connectivity index is 1.56. The second-order valence-electron chi connectivity index (χ2n) is 7.46. The minimum absolute atomic E-state index is 0.0359. The highest BCUT2D eigenvalue weighted by Gasteiger charge is 2.53. The molecule has 1 aliphatic carbocycles. The third kappa shape index (κ3) is 3.68. The number of hydrogen-bond acceptors (Lipinski definition) is 5. The van der Waals surface area contributed by atoms with Gasteiger partial charge in [0.1, 0.15) is 0 Å². The van der Waals surface area contributed by atoms with Crippen molar-refractivity contribution >= 4 is 39.1 Å². The van der Waals surface area contributed by atoms with E-state index in [1.807, 2.05) is 0 Å². The minimum Gasteiger partial charge on any atom is -0.274 e. The molecule has 0 bridgehead atoms. The normalized spacial score (nSPS) is 18.7. The molecule has 2 aliphatic rings. The number of imide groups is 1. The van der Waals surface area contributed by atoms with E-state index in [4.69, 9.17) is 11.6 Å². The van der Waals surface area contributed by atoms with E-state index in [1.165, 1.54) is 18.2 Å². The van der Waals surface area contributed by atoms with Crippen molar-refractivity contribution in [1.29, 1.82) is 0 Å². The molecule has 2 amide bonds. The molecule has 1 aromatic heterocycles. The minimum atomic E-state index is -3.83. The number of amides is 2. The Morgan fingerprint density at radius 3 is 2.55 bits per heavy atom. The van der Waals surface area contributed by atoms with E-state index in [2.05, 4.69) is 9.71 Å². The van der Waals surface area contributed by atoms with Crippen molar-refractivity contribution in [2.75, 3.05) is 4.90 Å². The molecular formula is C20H20ClN3O4S. The van der Waals surface area contributed by atoms with Crippen molar-refractivity contribution in [3.63, 3.8) is 0 Å². The van der Waals surface area contributed by atoms with Crippen molar-refractivity contribution in [1.82, 2.24) is 9.71 Å². The van der Waals surface area contributed by atoms with Crippen molar-refractivity contribution in [2.24, 2.45) is 5.41 Å². The zero-order valence-corrected chi connectivity index (χ0v) is 17.2. The Labute approximate surface area is 174 Å². The summed E-state index contributed by atoms with van der Waals surface area (Å²) in [5, 5.41) is 0.0439. The van der Waals surface area contributed by atoms with Gasteiger partial charge in [-0.3, -0.25) is 14.6 Å². The molecule has 2 fully saturated rings. The van der Waals surface area contributed by atoms with Crippen molar-refractivity contribution < 1.29 is 18.0 Å². The average molecular weight is 434 g/mol. The molecule has 152 valence electrons. The highest BCUT2D eigenvalue weighted by Crippen LogP contribution is 2.48. The van der Waals surface area contributed by atoms with Crippen LogP contribution in [0.25, 0.3) is 0 Å². The Morgan fingerprint density at radius 1 is 1.14 bits per heavy atom. The van der Waals surface area contributed by atoms with Gasteiger partial charge in [-0.25, -0.2) is 18.0 Å². The summed E-state index contributed by atoms with van der Waals surface area (Å²) in [6.07, 6.45) is 5.04. The number of benzene rings is 1. The van der Waals surface area contributed by atoms with Gasteiger partial charge in [-0.15, -0.1) is 0 Å². The van der Waals surface area contributed by atoms with Gasteiger partial charge in [0.15, 0.2) is 0 Å². The largest absolute Gasteiger partial charge is 0.274 e. The topological polar surface area (TPSA) is 96.4 Å². The van der Waals surface area contributed by atoms with Crippen LogP contribution in [0.4, 0.5) is 5.69 Å². The van der Waals surface area contributed by atoms with Crippen molar-refractivity contribution in [3.8, 4) is 0 Å². The van der Waals surface area contributed by atoms with Gasteiger partial charge in [-0.2, -0.15) is 0 Å². The number of carbonyl (C=O) groups excluding carboxylic acids is 2. The summed E-state index contributed by atoms with van der Waals surface area (Å²) in [6.45, 7) is 0.0359. The fourth-order valence-corrected chi connectivity index (χ4v) is 5.43. The van der Waals surface area contributed by atoms with Gasteiger partial charge in [0.25, 0.3) is 0 Å². The average Bonchev–Trinajstić information content (AvgIpc) is 3.26. The second kappa shape index (κ2) is 7.51. The quantitative estimate of drug-likeness (QED) is 0.731. The van der Waals surface area contributed by atoms with E-state index in [0.717, 1.165) is 17.7 Å². The van der Waals surface area contributed by atoms with Crippen LogP contribution < -0.4 is 9.62 Å². The van der Waals surface area contributed by atoms with Crippen LogP contribution >= 0.6 is 11.6 Å². The molecule has 1 aromatic carbocycles. The number of nitrogens with one attached hydrogen (secondary N) is 1. The first kappa shape index (κ1) is 20.0. The smallest absolute Gasteiger partial charge is 0.240 e. The third-order valence-corrected chi connectivity index (χ3v) is 7.30. The SMILES string of the molecule is O=C1CC2(CCCC2)C(=O)N1c1ccc(S(=O)(=O)NCc2ccccn2)cc1Cl. The molecule has 1 N–H and O–H groups in total. The number of anilines is 1. The lowest BCUT2D eigenvalue weighted by Gasteiger charge is -2.21. The maximum atomic E-state index is 12.9. The molecular weight excluding hydrogens is 414 g/mol. The first-order valence-corrected chi connectivity index (χ1v) is 11.3. The van der Waals surface area contributed by atoms with Gasteiger partial charge in [0.2, 0.25) is 21.8 Å². The van der Waals surface area contributed by atoms with E-state index in [9.17, 15) is 18.0 Å². The van der Waals surface area contributed by atoms with Crippen molar-refractivity contribution in [3.05, 3.63) is 53.3 Å². The standard InChI is InChI=1S/C20H20ClN3O4S/c21-16-11-15(29(27,28)23-13-14-5-1-4-10-22-14)6-7-17(16)24-18(25)12-20(19(24)26)8-2-3-9-20/h1,4-7,10-11,23H,2-3,8-9,12-13H2. The van der Waals surface area contributed by atoms with E-state index in [-0.39, 0.29) is 40.4 Å². The number of rotatable bonds is 5. The Morgan fingerprint density at radius 2 is 1.90 bits per heavy atom. The molecule has 7 nitrogen and oxygen atoms in total. The lowest BCUT2D eigenvalue weighted by molar-refractivity contribution is -0.125. The molecule has 1 spiro atoms. The molecule has 1 aliphatic heterocycles. The lowest BCUT2D eigenvalue weighted by atomic mass is 9.84. The number of nitrogens with zero attached hydrogens (tertiary/aromatic N) is 2. The van der Waals surface area contributed by atoms with Gasteiger partial charge < -0.3 is 0 Å². The highest BCUT2D eigenvalue weighted by atomic mass is 35.5. The molecule has 2 aromatic rings. The second-order valence-corrected chi connectivity index (χ2v) is 9.63. The number of hydrogen-bond donors (Lipinski definition) is 1. The molecule has 0 atom stereocenters. The van der Waals surface area contributed by atoms with Crippen molar-refractivity contribution in [2.45, 2.75) is 43.5 Å². The van der Waals surface area contributed by atoms with Gasteiger partial charge in [0, 0.05) is 12.6 Å². The van der Waals surface area contributed by atoms with Gasteiger partial charge >= 0.3 is 0 Å². The number of carbonyl (C=O) groups is 2. The fourth-order valence-electron chi connectivity index (χ4n) is 4.07. The number of pyridine rings is 1. The zero-order chi connectivity index (χ0) is 20.6. The van der Waals surface area contributed by atoms with E-state index >= 15 is 0 Å². The molecule has 1 saturated heterocycles. The number of sulfonamides is 1. The number of halogens is 1. The summed E-state index contributed by atoms with van der Waals surface area (Å²) < 4.78 is 27.6. The van der Waals surface area contributed by atoms with E-state index < -0.39 is 15.4 Å². The molecule has 1 saturated carbocycles. The molecule has 9 heteroatoms. The predicted octanol–water partition coefficient (Wildman–Crippen LogP) is 3.04. The van der Waals surface area contributed by atoms with Gasteiger partial charge in [-0.05, 0) is 43.2 Å². The first-order valence-electron chi connectivity index (χ1n) is 9.39.